The molecule has 0 aliphatic heterocycles. The number of carbonyl (C=O) groups is 1. The molecule has 2 amide bonds. The zero-order valence-electron chi connectivity index (χ0n) is 10.9. The van der Waals surface area contributed by atoms with Gasteiger partial charge in [0.15, 0.2) is 11.9 Å². The summed E-state index contributed by atoms with van der Waals surface area (Å²) in [6.45, 7) is 0. The van der Waals surface area contributed by atoms with E-state index in [2.05, 4.69) is 15.8 Å². The lowest BCUT2D eigenvalue weighted by Crippen LogP contribution is -2.33. The number of hydrogen-bond donors (Lipinski definition) is 3. The Hall–Kier alpha value is -2.89. The third-order valence-electron chi connectivity index (χ3n) is 2.59. The maximum absolute atomic E-state index is 11.6. The second kappa shape index (κ2) is 6.33. The van der Waals surface area contributed by atoms with E-state index in [9.17, 15) is 9.90 Å². The van der Waals surface area contributed by atoms with Gasteiger partial charge in [-0.3, -0.25) is 0 Å². The summed E-state index contributed by atoms with van der Waals surface area (Å²) in [5.41, 5.74) is 3.50. The molecule has 0 atom stereocenters. The van der Waals surface area contributed by atoms with Crippen LogP contribution in [0.3, 0.4) is 0 Å². The first kappa shape index (κ1) is 13.5. The molecule has 0 fully saturated rings. The molecule has 20 heavy (non-hydrogen) atoms. The van der Waals surface area contributed by atoms with Gasteiger partial charge in [-0.15, -0.1) is 0 Å². The van der Waals surface area contributed by atoms with Crippen LogP contribution in [0.1, 0.15) is 5.69 Å². The van der Waals surface area contributed by atoms with Crippen molar-refractivity contribution >= 4 is 17.9 Å². The van der Waals surface area contributed by atoms with Crippen molar-refractivity contribution < 1.29 is 14.5 Å². The highest BCUT2D eigenvalue weighted by molar-refractivity contribution is 5.90. The average Bonchev–Trinajstić information content (AvgIpc) is 2.43. The molecule has 1 heterocycles. The van der Waals surface area contributed by atoms with Crippen molar-refractivity contribution in [1.29, 1.82) is 0 Å². The summed E-state index contributed by atoms with van der Waals surface area (Å²) >= 11 is 0. The van der Waals surface area contributed by atoms with E-state index in [0.29, 0.717) is 11.4 Å². The summed E-state index contributed by atoms with van der Waals surface area (Å²) in [5.74, 6) is 0.0871. The fraction of sp³-hybridized carbons (Fsp3) is 0.0714. The van der Waals surface area contributed by atoms with Gasteiger partial charge in [-0.05, 0) is 18.2 Å². The number of nitrogens with one attached hydrogen (secondary N) is 2. The zero-order valence-corrected chi connectivity index (χ0v) is 10.9. The molecule has 2 aromatic rings. The Morgan fingerprint density at radius 1 is 1.25 bits per heavy atom. The molecule has 0 spiro atoms. The Morgan fingerprint density at radius 3 is 2.70 bits per heavy atom. The van der Waals surface area contributed by atoms with Gasteiger partial charge in [-0.1, -0.05) is 18.2 Å². The van der Waals surface area contributed by atoms with E-state index >= 15 is 0 Å². The fourth-order valence-electron chi connectivity index (χ4n) is 1.60. The number of hydrogen-bond acceptors (Lipinski definition) is 3. The first-order valence-corrected chi connectivity index (χ1v) is 5.99. The lowest BCUT2D eigenvalue weighted by molar-refractivity contribution is -0.672. The number of amides is 2. The lowest BCUT2D eigenvalue weighted by atomic mass is 10.3. The van der Waals surface area contributed by atoms with Crippen molar-refractivity contribution in [3.63, 3.8) is 0 Å². The summed E-state index contributed by atoms with van der Waals surface area (Å²) in [5, 5.41) is 16.1. The number of anilines is 1. The molecule has 0 aliphatic rings. The summed E-state index contributed by atoms with van der Waals surface area (Å²) in [7, 11) is 1.77. The normalized spacial score (nSPS) is 10.4. The molecular formula is C14H15N4O2+. The van der Waals surface area contributed by atoms with Crippen LogP contribution in [0.2, 0.25) is 0 Å². The monoisotopic (exact) mass is 271 g/mol. The molecule has 3 N–H and O–H groups in total. The third kappa shape index (κ3) is 3.55. The molecule has 0 unspecified atom stereocenters. The number of aromatic hydroxyl groups is 1. The number of pyridine rings is 1. The number of carbonyl (C=O) groups excluding carboxylic acids is 1. The van der Waals surface area contributed by atoms with Gasteiger partial charge in [-0.25, -0.2) is 10.2 Å². The van der Waals surface area contributed by atoms with Crippen LogP contribution in [0.4, 0.5) is 10.5 Å². The lowest BCUT2D eigenvalue weighted by Gasteiger charge is -2.03. The molecule has 0 aliphatic carbocycles. The highest BCUT2D eigenvalue weighted by Crippen LogP contribution is 2.08. The van der Waals surface area contributed by atoms with Gasteiger partial charge >= 0.3 is 6.03 Å². The van der Waals surface area contributed by atoms with Crippen molar-refractivity contribution in [2.75, 3.05) is 5.32 Å². The van der Waals surface area contributed by atoms with E-state index in [0.717, 1.165) is 0 Å². The van der Waals surface area contributed by atoms with Gasteiger partial charge in [0, 0.05) is 11.8 Å². The summed E-state index contributed by atoms with van der Waals surface area (Å²) < 4.78 is 1.69. The summed E-state index contributed by atoms with van der Waals surface area (Å²) in [6.07, 6.45) is 3.14. The molecule has 6 heteroatoms. The van der Waals surface area contributed by atoms with Gasteiger partial charge in [0.1, 0.15) is 13.3 Å². The molecule has 0 saturated heterocycles. The molecule has 0 bridgehead atoms. The van der Waals surface area contributed by atoms with Crippen molar-refractivity contribution in [3.05, 3.63) is 54.4 Å². The van der Waals surface area contributed by atoms with Gasteiger partial charge in [0.25, 0.3) is 5.69 Å². The molecule has 102 valence electrons. The topological polar surface area (TPSA) is 77.6 Å². The number of nitrogens with zero attached hydrogens (tertiary/aromatic N) is 2. The summed E-state index contributed by atoms with van der Waals surface area (Å²) in [4.78, 5) is 11.6. The Balaban J connectivity index is 1.95. The number of urea groups is 1. The minimum atomic E-state index is -0.453. The second-order valence-corrected chi connectivity index (χ2v) is 4.08. The van der Waals surface area contributed by atoms with Crippen LogP contribution in [0.15, 0.2) is 53.8 Å². The zero-order chi connectivity index (χ0) is 14.4. The predicted molar refractivity (Wildman–Crippen MR) is 75.5 cm³/mol. The molecule has 2 rings (SSSR count). The molecule has 0 radical (unpaired) electrons. The first-order valence-electron chi connectivity index (χ1n) is 5.99. The Bertz CT molecular complexity index is 606. The van der Waals surface area contributed by atoms with Crippen LogP contribution in [0, 0.1) is 0 Å². The van der Waals surface area contributed by atoms with Crippen LogP contribution in [-0.2, 0) is 7.05 Å². The van der Waals surface area contributed by atoms with Gasteiger partial charge in [-0.2, -0.15) is 9.67 Å². The van der Waals surface area contributed by atoms with Crippen molar-refractivity contribution in [2.45, 2.75) is 0 Å². The molecule has 0 saturated carbocycles. The van der Waals surface area contributed by atoms with Crippen LogP contribution in [0.25, 0.3) is 0 Å². The number of para-hydroxylation sites is 1. The van der Waals surface area contributed by atoms with Gasteiger partial charge in [0.2, 0.25) is 0 Å². The highest BCUT2D eigenvalue weighted by atomic mass is 16.3. The minimum absolute atomic E-state index is 0.0871. The van der Waals surface area contributed by atoms with Crippen molar-refractivity contribution in [1.82, 2.24) is 5.43 Å². The highest BCUT2D eigenvalue weighted by Gasteiger charge is 2.09. The Labute approximate surface area is 116 Å². The quantitative estimate of drug-likeness (QED) is 0.448. The maximum atomic E-state index is 11.6. The molecule has 1 aromatic carbocycles. The predicted octanol–water partition coefficient (Wildman–Crippen LogP) is 1.37. The molecule has 6 nitrogen and oxygen atoms in total. The van der Waals surface area contributed by atoms with Crippen molar-refractivity contribution in [3.8, 4) is 5.75 Å². The fourth-order valence-corrected chi connectivity index (χ4v) is 1.60. The third-order valence-corrected chi connectivity index (χ3v) is 2.59. The van der Waals surface area contributed by atoms with E-state index in [1.54, 1.807) is 42.1 Å². The minimum Gasteiger partial charge on any atom is -0.502 e. The SMILES string of the molecule is C[n+]1cccc(O)c1C=NNC(=O)Nc1ccccc1. The summed E-state index contributed by atoms with van der Waals surface area (Å²) in [6, 6.07) is 11.8. The number of aromatic nitrogens is 1. The van der Waals surface area contributed by atoms with Gasteiger partial charge in [0.05, 0.1) is 0 Å². The molecule has 1 aromatic heterocycles. The molecular weight excluding hydrogens is 256 g/mol. The van der Waals surface area contributed by atoms with E-state index in [4.69, 9.17) is 0 Å². The first-order chi connectivity index (χ1) is 9.66. The van der Waals surface area contributed by atoms with Crippen molar-refractivity contribution in [2.24, 2.45) is 12.1 Å². The Morgan fingerprint density at radius 2 is 2.00 bits per heavy atom. The smallest absolute Gasteiger partial charge is 0.339 e. The number of rotatable bonds is 3. The Kier molecular flexibility index (Phi) is 4.28. The van der Waals surface area contributed by atoms with Crippen LogP contribution < -0.4 is 15.3 Å². The van der Waals surface area contributed by atoms with E-state index in [1.165, 1.54) is 6.21 Å². The van der Waals surface area contributed by atoms with E-state index in [1.807, 2.05) is 18.2 Å². The number of benzene rings is 1. The van der Waals surface area contributed by atoms with Crippen LogP contribution >= 0.6 is 0 Å². The van der Waals surface area contributed by atoms with Crippen LogP contribution in [0.5, 0.6) is 5.75 Å². The average molecular weight is 271 g/mol. The van der Waals surface area contributed by atoms with Gasteiger partial charge < -0.3 is 10.4 Å². The van der Waals surface area contributed by atoms with Crippen LogP contribution in [-0.4, -0.2) is 17.4 Å². The maximum Gasteiger partial charge on any atom is 0.339 e. The number of aryl methyl sites for hydroxylation is 1. The second-order valence-electron chi connectivity index (χ2n) is 4.08. The standard InChI is InChI=1S/C14H14N4O2/c1-18-9-5-8-13(19)12(18)10-15-17-14(20)16-11-6-3-2-4-7-11/h2-10H,1H3,(H2,16,19,20)/p+1. The number of hydrazone groups is 1. The largest absolute Gasteiger partial charge is 0.502 e. The van der Waals surface area contributed by atoms with E-state index < -0.39 is 6.03 Å². The van der Waals surface area contributed by atoms with E-state index in [-0.39, 0.29) is 5.75 Å².